The molecule has 0 fully saturated rings. The predicted octanol–water partition coefficient (Wildman–Crippen LogP) is 3.58. The largest absolute Gasteiger partial charge is 0.325 e. The highest BCUT2D eigenvalue weighted by molar-refractivity contribution is 7.89. The molecule has 0 saturated carbocycles. The van der Waals surface area contributed by atoms with Crippen LogP contribution >= 0.6 is 0 Å². The topological polar surface area (TPSA) is 82.6 Å². The summed E-state index contributed by atoms with van der Waals surface area (Å²) in [6.07, 6.45) is 1.49. The first-order valence-corrected chi connectivity index (χ1v) is 11.0. The van der Waals surface area contributed by atoms with Crippen LogP contribution in [0.25, 0.3) is 0 Å². The molecule has 31 heavy (non-hydrogen) atoms. The van der Waals surface area contributed by atoms with Gasteiger partial charge in [0.05, 0.1) is 13.2 Å². The Hall–Kier alpha value is -3.30. The fraction of sp³-hybridized carbons (Fsp3) is 0.182. The van der Waals surface area contributed by atoms with Crippen LogP contribution in [0.1, 0.15) is 11.1 Å². The van der Waals surface area contributed by atoms with E-state index >= 15 is 0 Å². The first kappa shape index (κ1) is 21.0. The van der Waals surface area contributed by atoms with E-state index in [2.05, 4.69) is 10.3 Å². The second-order valence-electron chi connectivity index (χ2n) is 7.35. The molecule has 2 aromatic carbocycles. The Bertz CT molecular complexity index is 1250. The van der Waals surface area contributed by atoms with Gasteiger partial charge in [0.15, 0.2) is 5.82 Å². The molecule has 3 aromatic rings. The number of benzene rings is 2. The minimum atomic E-state index is -3.94. The van der Waals surface area contributed by atoms with Gasteiger partial charge in [-0.15, -0.1) is 0 Å². The standard InChI is InChI=1S/C22H21FN4O3S/c1-15-5-10-19(16(2)12-15)25-21(28)13-26-14-27(18-8-6-17(23)7-9-18)22-20(31(26,29)30)4-3-11-24-22/h3-12H,13-14H2,1-2H3,(H,25,28). The highest BCUT2D eigenvalue weighted by Crippen LogP contribution is 2.36. The zero-order chi connectivity index (χ0) is 22.2. The number of amides is 1. The van der Waals surface area contributed by atoms with Crippen LogP contribution in [0.4, 0.5) is 21.6 Å². The van der Waals surface area contributed by atoms with Gasteiger partial charge in [-0.2, -0.15) is 4.31 Å². The molecule has 1 aliphatic heterocycles. The Morgan fingerprint density at radius 3 is 2.58 bits per heavy atom. The second kappa shape index (κ2) is 8.09. The van der Waals surface area contributed by atoms with Crippen LogP contribution in [0.3, 0.4) is 0 Å². The molecular weight excluding hydrogens is 419 g/mol. The normalized spacial score (nSPS) is 15.4. The summed E-state index contributed by atoms with van der Waals surface area (Å²) in [7, 11) is -3.94. The number of sulfonamides is 1. The Morgan fingerprint density at radius 1 is 1.13 bits per heavy atom. The van der Waals surface area contributed by atoms with Gasteiger partial charge in [0.2, 0.25) is 15.9 Å². The summed E-state index contributed by atoms with van der Waals surface area (Å²) >= 11 is 0. The summed E-state index contributed by atoms with van der Waals surface area (Å²) < 4.78 is 40.8. The highest BCUT2D eigenvalue weighted by atomic mass is 32.2. The summed E-state index contributed by atoms with van der Waals surface area (Å²) in [6.45, 7) is 3.33. The van der Waals surface area contributed by atoms with Crippen molar-refractivity contribution in [3.8, 4) is 0 Å². The third kappa shape index (κ3) is 4.14. The van der Waals surface area contributed by atoms with E-state index < -0.39 is 21.7 Å². The smallest absolute Gasteiger partial charge is 0.248 e. The summed E-state index contributed by atoms with van der Waals surface area (Å²) in [6, 6.07) is 14.2. The molecule has 1 aromatic heterocycles. The van der Waals surface area contributed by atoms with Crippen molar-refractivity contribution in [3.05, 3.63) is 77.7 Å². The maximum Gasteiger partial charge on any atom is 0.248 e. The minimum Gasteiger partial charge on any atom is -0.325 e. The minimum absolute atomic E-state index is 0.00936. The van der Waals surface area contributed by atoms with Gasteiger partial charge in [0.1, 0.15) is 10.7 Å². The number of nitrogens with zero attached hydrogens (tertiary/aromatic N) is 3. The van der Waals surface area contributed by atoms with Crippen molar-refractivity contribution in [2.45, 2.75) is 18.7 Å². The molecule has 0 unspecified atom stereocenters. The molecule has 1 amide bonds. The summed E-state index contributed by atoms with van der Waals surface area (Å²) in [5.74, 6) is -0.624. The molecule has 1 N–H and O–H groups in total. The number of hydrogen-bond acceptors (Lipinski definition) is 5. The van der Waals surface area contributed by atoms with Gasteiger partial charge in [-0.25, -0.2) is 17.8 Å². The molecule has 1 aliphatic rings. The van der Waals surface area contributed by atoms with Crippen LogP contribution in [0.5, 0.6) is 0 Å². The van der Waals surface area contributed by atoms with Crippen LogP contribution in [-0.4, -0.2) is 36.8 Å². The Morgan fingerprint density at radius 2 is 1.87 bits per heavy atom. The van der Waals surface area contributed by atoms with Crippen molar-refractivity contribution >= 4 is 33.1 Å². The summed E-state index contributed by atoms with van der Waals surface area (Å²) in [5.41, 5.74) is 3.14. The van der Waals surface area contributed by atoms with Gasteiger partial charge in [-0.1, -0.05) is 17.7 Å². The third-order valence-electron chi connectivity index (χ3n) is 5.04. The monoisotopic (exact) mass is 440 g/mol. The molecule has 0 bridgehead atoms. The van der Waals surface area contributed by atoms with E-state index in [1.54, 1.807) is 23.1 Å². The summed E-state index contributed by atoms with van der Waals surface area (Å²) in [5, 5.41) is 2.78. The van der Waals surface area contributed by atoms with Crippen LogP contribution in [0.15, 0.2) is 65.7 Å². The molecule has 0 saturated heterocycles. The van der Waals surface area contributed by atoms with Crippen LogP contribution in [0.2, 0.25) is 0 Å². The third-order valence-corrected chi connectivity index (χ3v) is 6.84. The number of aryl methyl sites for hydroxylation is 2. The van der Waals surface area contributed by atoms with E-state index in [4.69, 9.17) is 0 Å². The molecule has 0 atom stereocenters. The zero-order valence-corrected chi connectivity index (χ0v) is 17.9. The average molecular weight is 441 g/mol. The maximum atomic E-state index is 13.4. The number of rotatable bonds is 4. The van der Waals surface area contributed by atoms with Crippen molar-refractivity contribution in [1.82, 2.24) is 9.29 Å². The lowest BCUT2D eigenvalue weighted by Gasteiger charge is -2.36. The van der Waals surface area contributed by atoms with E-state index in [9.17, 15) is 17.6 Å². The number of pyridine rings is 1. The lowest BCUT2D eigenvalue weighted by Crippen LogP contribution is -2.47. The quantitative estimate of drug-likeness (QED) is 0.671. The molecule has 160 valence electrons. The zero-order valence-electron chi connectivity index (χ0n) is 17.0. The van der Waals surface area contributed by atoms with Gasteiger partial charge >= 0.3 is 0 Å². The Kier molecular flexibility index (Phi) is 5.47. The summed E-state index contributed by atoms with van der Waals surface area (Å²) in [4.78, 5) is 18.6. The van der Waals surface area contributed by atoms with E-state index in [-0.39, 0.29) is 23.9 Å². The van der Waals surface area contributed by atoms with Crippen molar-refractivity contribution in [2.75, 3.05) is 23.4 Å². The average Bonchev–Trinajstić information content (AvgIpc) is 2.73. The van der Waals surface area contributed by atoms with Gasteiger partial charge < -0.3 is 10.2 Å². The molecular formula is C22H21FN4O3S. The van der Waals surface area contributed by atoms with E-state index in [0.717, 1.165) is 15.4 Å². The number of aromatic nitrogens is 1. The van der Waals surface area contributed by atoms with Crippen molar-refractivity contribution in [3.63, 3.8) is 0 Å². The SMILES string of the molecule is Cc1ccc(NC(=O)CN2CN(c3ccc(F)cc3)c3ncccc3S2(=O)=O)c(C)c1. The van der Waals surface area contributed by atoms with Crippen molar-refractivity contribution in [1.29, 1.82) is 0 Å². The number of hydrogen-bond donors (Lipinski definition) is 1. The molecule has 0 aliphatic carbocycles. The molecule has 4 rings (SSSR count). The van der Waals surface area contributed by atoms with E-state index in [1.807, 2.05) is 26.0 Å². The van der Waals surface area contributed by atoms with Gasteiger partial charge in [-0.3, -0.25) is 4.79 Å². The number of carbonyl (C=O) groups excluding carboxylic acids is 1. The molecule has 0 spiro atoms. The number of carbonyl (C=O) groups is 1. The lowest BCUT2D eigenvalue weighted by molar-refractivity contribution is -0.116. The van der Waals surface area contributed by atoms with Crippen LogP contribution < -0.4 is 10.2 Å². The second-order valence-corrected chi connectivity index (χ2v) is 9.26. The predicted molar refractivity (Wildman–Crippen MR) is 116 cm³/mol. The maximum absolute atomic E-state index is 13.4. The van der Waals surface area contributed by atoms with E-state index in [0.29, 0.717) is 11.4 Å². The molecule has 9 heteroatoms. The van der Waals surface area contributed by atoms with Gasteiger partial charge in [0, 0.05) is 17.6 Å². The number of nitrogens with one attached hydrogen (secondary N) is 1. The number of anilines is 3. The number of halogens is 1. The van der Waals surface area contributed by atoms with Crippen molar-refractivity contribution < 1.29 is 17.6 Å². The highest BCUT2D eigenvalue weighted by Gasteiger charge is 2.38. The molecule has 0 radical (unpaired) electrons. The Labute approximate surface area is 180 Å². The first-order chi connectivity index (χ1) is 14.8. The molecule has 2 heterocycles. The van der Waals surface area contributed by atoms with Crippen LogP contribution in [-0.2, 0) is 14.8 Å². The fourth-order valence-electron chi connectivity index (χ4n) is 3.49. The van der Waals surface area contributed by atoms with E-state index in [1.165, 1.54) is 30.5 Å². The number of fused-ring (bicyclic) bond motifs is 1. The first-order valence-electron chi connectivity index (χ1n) is 9.61. The van der Waals surface area contributed by atoms with Gasteiger partial charge in [0.25, 0.3) is 0 Å². The lowest BCUT2D eigenvalue weighted by atomic mass is 10.1. The van der Waals surface area contributed by atoms with Crippen LogP contribution in [0, 0.1) is 19.7 Å². The molecule has 7 nitrogen and oxygen atoms in total. The van der Waals surface area contributed by atoms with Crippen molar-refractivity contribution in [2.24, 2.45) is 0 Å². The fourth-order valence-corrected chi connectivity index (χ4v) is 4.97. The van der Waals surface area contributed by atoms with Gasteiger partial charge in [-0.05, 0) is 61.9 Å². The Balaban J connectivity index is 1.64.